The van der Waals surface area contributed by atoms with Crippen LogP contribution in [0.2, 0.25) is 0 Å². The van der Waals surface area contributed by atoms with Gasteiger partial charge in [0.2, 0.25) is 0 Å². The molecule has 0 heterocycles. The molecular weight excluding hydrogens is 186 g/mol. The first-order valence-electron chi connectivity index (χ1n) is 4.52. The standard InChI is InChI=1S/C9H21NO2S/c1-8(4-13-3)10-5-9(2,6-11)7-12/h8,10-12H,4-7H2,1-3H3. The minimum atomic E-state index is -0.396. The Morgan fingerprint density at radius 2 is 1.92 bits per heavy atom. The van der Waals surface area contributed by atoms with Gasteiger partial charge in [0.25, 0.3) is 0 Å². The molecule has 0 fully saturated rings. The maximum atomic E-state index is 9.02. The third kappa shape index (κ3) is 5.52. The maximum absolute atomic E-state index is 9.02. The molecule has 1 unspecified atom stereocenters. The zero-order valence-corrected chi connectivity index (χ0v) is 9.52. The highest BCUT2D eigenvalue weighted by Crippen LogP contribution is 2.12. The molecule has 0 saturated heterocycles. The average molecular weight is 207 g/mol. The van der Waals surface area contributed by atoms with Crippen LogP contribution in [-0.4, -0.2) is 48.0 Å². The molecule has 0 aliphatic carbocycles. The van der Waals surface area contributed by atoms with Gasteiger partial charge in [-0.2, -0.15) is 11.8 Å². The number of aliphatic hydroxyl groups is 2. The molecule has 1 atom stereocenters. The van der Waals surface area contributed by atoms with Crippen molar-refractivity contribution in [1.29, 1.82) is 0 Å². The predicted molar refractivity (Wildman–Crippen MR) is 58.1 cm³/mol. The van der Waals surface area contributed by atoms with Gasteiger partial charge in [0.15, 0.2) is 0 Å². The SMILES string of the molecule is CSCC(C)NCC(C)(CO)CO. The van der Waals surface area contributed by atoms with Gasteiger partial charge in [0.05, 0.1) is 13.2 Å². The van der Waals surface area contributed by atoms with Crippen LogP contribution in [0.15, 0.2) is 0 Å². The topological polar surface area (TPSA) is 52.5 Å². The van der Waals surface area contributed by atoms with Gasteiger partial charge in [-0.15, -0.1) is 0 Å². The maximum Gasteiger partial charge on any atom is 0.0518 e. The molecule has 80 valence electrons. The second kappa shape index (κ2) is 6.65. The number of hydrogen-bond acceptors (Lipinski definition) is 4. The Morgan fingerprint density at radius 1 is 1.38 bits per heavy atom. The van der Waals surface area contributed by atoms with Crippen molar-refractivity contribution >= 4 is 11.8 Å². The summed E-state index contributed by atoms with van der Waals surface area (Å²) >= 11 is 1.79. The summed E-state index contributed by atoms with van der Waals surface area (Å²) < 4.78 is 0. The number of hydrogen-bond donors (Lipinski definition) is 3. The van der Waals surface area contributed by atoms with Crippen molar-refractivity contribution < 1.29 is 10.2 Å². The molecule has 3 N–H and O–H groups in total. The van der Waals surface area contributed by atoms with Crippen LogP contribution in [0.4, 0.5) is 0 Å². The first-order chi connectivity index (χ1) is 6.08. The van der Waals surface area contributed by atoms with E-state index < -0.39 is 5.41 Å². The smallest absolute Gasteiger partial charge is 0.0518 e. The molecule has 0 aromatic heterocycles. The third-order valence-electron chi connectivity index (χ3n) is 2.06. The lowest BCUT2D eigenvalue weighted by atomic mass is 9.93. The van der Waals surface area contributed by atoms with Crippen LogP contribution in [0, 0.1) is 5.41 Å². The van der Waals surface area contributed by atoms with E-state index >= 15 is 0 Å². The molecule has 0 aromatic rings. The lowest BCUT2D eigenvalue weighted by molar-refractivity contribution is 0.0683. The summed E-state index contributed by atoms with van der Waals surface area (Å²) in [5.41, 5.74) is -0.396. The zero-order chi connectivity index (χ0) is 10.3. The minimum Gasteiger partial charge on any atom is -0.396 e. The Balaban J connectivity index is 3.71. The van der Waals surface area contributed by atoms with Crippen molar-refractivity contribution in [2.45, 2.75) is 19.9 Å². The summed E-state index contributed by atoms with van der Waals surface area (Å²) in [6.07, 6.45) is 2.06. The van der Waals surface area contributed by atoms with Crippen LogP contribution in [0.3, 0.4) is 0 Å². The Morgan fingerprint density at radius 3 is 2.31 bits per heavy atom. The third-order valence-corrected chi connectivity index (χ3v) is 2.89. The van der Waals surface area contributed by atoms with Crippen LogP contribution in [0.5, 0.6) is 0 Å². The second-order valence-corrected chi connectivity index (χ2v) is 4.77. The highest BCUT2D eigenvalue weighted by Gasteiger charge is 2.22. The Labute approximate surface area is 84.9 Å². The molecule has 0 rings (SSSR count). The lowest BCUT2D eigenvalue weighted by Gasteiger charge is -2.26. The van der Waals surface area contributed by atoms with Crippen LogP contribution in [0.25, 0.3) is 0 Å². The van der Waals surface area contributed by atoms with Crippen LogP contribution in [-0.2, 0) is 0 Å². The van der Waals surface area contributed by atoms with Gasteiger partial charge in [0.1, 0.15) is 0 Å². The Kier molecular flexibility index (Phi) is 6.77. The molecular formula is C9H21NO2S. The molecule has 0 aliphatic heterocycles. The first-order valence-corrected chi connectivity index (χ1v) is 5.91. The highest BCUT2D eigenvalue weighted by atomic mass is 32.2. The van der Waals surface area contributed by atoms with E-state index in [9.17, 15) is 0 Å². The van der Waals surface area contributed by atoms with E-state index in [0.29, 0.717) is 12.6 Å². The monoisotopic (exact) mass is 207 g/mol. The van der Waals surface area contributed by atoms with Crippen LogP contribution >= 0.6 is 11.8 Å². The Bertz CT molecular complexity index is 129. The van der Waals surface area contributed by atoms with Crippen LogP contribution in [0.1, 0.15) is 13.8 Å². The number of nitrogens with one attached hydrogen (secondary N) is 1. The van der Waals surface area contributed by atoms with Crippen molar-refractivity contribution in [3.63, 3.8) is 0 Å². The first kappa shape index (κ1) is 13.2. The average Bonchev–Trinajstić information content (AvgIpc) is 2.15. The summed E-state index contributed by atoms with van der Waals surface area (Å²) in [5, 5.41) is 21.3. The molecule has 0 saturated carbocycles. The van der Waals surface area contributed by atoms with Gasteiger partial charge >= 0.3 is 0 Å². The van der Waals surface area contributed by atoms with Gasteiger partial charge in [0, 0.05) is 23.8 Å². The van der Waals surface area contributed by atoms with Crippen LogP contribution < -0.4 is 5.32 Å². The fraction of sp³-hybridized carbons (Fsp3) is 1.00. The molecule has 3 nitrogen and oxygen atoms in total. The largest absolute Gasteiger partial charge is 0.396 e. The molecule has 0 bridgehead atoms. The highest BCUT2D eigenvalue weighted by molar-refractivity contribution is 7.98. The fourth-order valence-corrected chi connectivity index (χ4v) is 1.51. The van der Waals surface area contributed by atoms with Crippen molar-refractivity contribution in [2.75, 3.05) is 31.8 Å². The van der Waals surface area contributed by atoms with E-state index in [1.54, 1.807) is 11.8 Å². The van der Waals surface area contributed by atoms with E-state index in [1.807, 2.05) is 6.92 Å². The zero-order valence-electron chi connectivity index (χ0n) is 8.71. The second-order valence-electron chi connectivity index (χ2n) is 3.86. The van der Waals surface area contributed by atoms with E-state index in [1.165, 1.54) is 0 Å². The van der Waals surface area contributed by atoms with Crippen molar-refractivity contribution in [3.05, 3.63) is 0 Å². The van der Waals surface area contributed by atoms with Crippen molar-refractivity contribution in [3.8, 4) is 0 Å². The van der Waals surface area contributed by atoms with Gasteiger partial charge in [-0.1, -0.05) is 6.92 Å². The van der Waals surface area contributed by atoms with E-state index in [4.69, 9.17) is 10.2 Å². The fourth-order valence-electron chi connectivity index (χ4n) is 0.891. The molecule has 0 amide bonds. The molecule has 4 heteroatoms. The molecule has 0 spiro atoms. The summed E-state index contributed by atoms with van der Waals surface area (Å²) in [6, 6.07) is 0.424. The van der Waals surface area contributed by atoms with E-state index in [-0.39, 0.29) is 13.2 Å². The quantitative estimate of drug-likeness (QED) is 0.563. The summed E-state index contributed by atoms with van der Waals surface area (Å²) in [7, 11) is 0. The summed E-state index contributed by atoms with van der Waals surface area (Å²) in [5.74, 6) is 1.05. The molecule has 0 aliphatic rings. The van der Waals surface area contributed by atoms with Gasteiger partial charge in [-0.25, -0.2) is 0 Å². The molecule has 0 radical (unpaired) electrons. The summed E-state index contributed by atoms with van der Waals surface area (Å²) in [4.78, 5) is 0. The number of aliphatic hydroxyl groups excluding tert-OH is 2. The van der Waals surface area contributed by atoms with E-state index in [0.717, 1.165) is 5.75 Å². The Hall–Kier alpha value is 0.230. The van der Waals surface area contributed by atoms with Crippen molar-refractivity contribution in [1.82, 2.24) is 5.32 Å². The number of rotatable bonds is 7. The lowest BCUT2D eigenvalue weighted by Crippen LogP contribution is -2.42. The van der Waals surface area contributed by atoms with Crippen molar-refractivity contribution in [2.24, 2.45) is 5.41 Å². The summed E-state index contributed by atoms with van der Waals surface area (Å²) in [6.45, 7) is 4.66. The van der Waals surface area contributed by atoms with Gasteiger partial charge in [-0.3, -0.25) is 0 Å². The van der Waals surface area contributed by atoms with Gasteiger partial charge in [-0.05, 0) is 13.2 Å². The number of thioether (sulfide) groups is 1. The predicted octanol–water partition coefficient (Wildman–Crippen LogP) is 0.318. The van der Waals surface area contributed by atoms with Gasteiger partial charge < -0.3 is 15.5 Å². The normalized spacial score (nSPS) is 14.5. The minimum absolute atomic E-state index is 0.0164. The molecule has 13 heavy (non-hydrogen) atoms. The van der Waals surface area contributed by atoms with E-state index in [2.05, 4.69) is 18.5 Å². The molecule has 0 aromatic carbocycles.